The van der Waals surface area contributed by atoms with Gasteiger partial charge in [0.15, 0.2) is 10.8 Å². The van der Waals surface area contributed by atoms with E-state index in [2.05, 4.69) is 4.98 Å². The number of anilines is 1. The predicted molar refractivity (Wildman–Crippen MR) is 117 cm³/mol. The summed E-state index contributed by atoms with van der Waals surface area (Å²) in [4.78, 5) is 31.3. The second kappa shape index (κ2) is 7.02. The van der Waals surface area contributed by atoms with Gasteiger partial charge in [-0.05, 0) is 55.1 Å². The van der Waals surface area contributed by atoms with Gasteiger partial charge in [0, 0.05) is 6.08 Å². The van der Waals surface area contributed by atoms with Gasteiger partial charge in [0.25, 0.3) is 11.1 Å². The fourth-order valence-electron chi connectivity index (χ4n) is 3.04. The Bertz CT molecular complexity index is 1250. The highest BCUT2D eigenvalue weighted by Crippen LogP contribution is 2.37. The summed E-state index contributed by atoms with van der Waals surface area (Å²) in [6.45, 7) is 1.96. The van der Waals surface area contributed by atoms with Gasteiger partial charge in [0.1, 0.15) is 5.76 Å². The van der Waals surface area contributed by atoms with Crippen LogP contribution in [-0.4, -0.2) is 16.1 Å². The van der Waals surface area contributed by atoms with E-state index in [1.54, 1.807) is 35.6 Å². The van der Waals surface area contributed by atoms with Crippen molar-refractivity contribution in [3.8, 4) is 10.8 Å². The summed E-state index contributed by atoms with van der Waals surface area (Å²) in [5.41, 5.74) is 2.55. The van der Waals surface area contributed by atoms with Crippen LogP contribution < -0.4 is 4.90 Å². The monoisotopic (exact) mass is 418 g/mol. The van der Waals surface area contributed by atoms with Crippen molar-refractivity contribution in [2.45, 2.75) is 6.92 Å². The van der Waals surface area contributed by atoms with Gasteiger partial charge in [0.05, 0.1) is 20.8 Å². The minimum atomic E-state index is -0.346. The largest absolute Gasteiger partial charge is 0.454 e. The highest BCUT2D eigenvalue weighted by molar-refractivity contribution is 8.19. The molecule has 0 spiro atoms. The summed E-state index contributed by atoms with van der Waals surface area (Å²) < 4.78 is 6.96. The van der Waals surface area contributed by atoms with Crippen molar-refractivity contribution in [2.75, 3.05) is 4.90 Å². The van der Waals surface area contributed by atoms with Crippen LogP contribution in [0.1, 0.15) is 11.3 Å². The van der Waals surface area contributed by atoms with Crippen LogP contribution in [0.2, 0.25) is 0 Å². The zero-order valence-electron chi connectivity index (χ0n) is 15.3. The molecule has 4 aromatic rings. The highest BCUT2D eigenvalue weighted by atomic mass is 32.2. The second-order valence-electron chi connectivity index (χ2n) is 6.54. The van der Waals surface area contributed by atoms with Crippen LogP contribution in [0.4, 0.5) is 10.5 Å². The lowest BCUT2D eigenvalue weighted by atomic mass is 10.2. The number of para-hydroxylation sites is 1. The Morgan fingerprint density at radius 3 is 2.59 bits per heavy atom. The molecule has 2 amide bonds. The van der Waals surface area contributed by atoms with E-state index in [0.717, 1.165) is 32.5 Å². The number of thiazole rings is 1. The Morgan fingerprint density at radius 2 is 1.79 bits per heavy atom. The van der Waals surface area contributed by atoms with Gasteiger partial charge in [0.2, 0.25) is 0 Å². The molecular weight excluding hydrogens is 404 g/mol. The number of aromatic nitrogens is 1. The van der Waals surface area contributed by atoms with E-state index in [4.69, 9.17) is 4.42 Å². The fraction of sp³-hybridized carbons (Fsp3) is 0.0455. The van der Waals surface area contributed by atoms with Crippen LogP contribution in [0.5, 0.6) is 0 Å². The molecule has 2 aromatic heterocycles. The van der Waals surface area contributed by atoms with Gasteiger partial charge in [-0.15, -0.1) is 11.3 Å². The Labute approximate surface area is 174 Å². The standard InChI is InChI=1S/C22H14N2O3S2/c1-13-6-8-14(9-7-13)24-21(25)19(29-22(24)26)12-15-10-11-17(27-15)20-23-16-4-2-3-5-18(16)28-20/h2-12H,1H3. The van der Waals surface area contributed by atoms with Crippen LogP contribution >= 0.6 is 23.1 Å². The Balaban J connectivity index is 1.43. The number of hydrogen-bond donors (Lipinski definition) is 0. The van der Waals surface area contributed by atoms with Gasteiger partial charge >= 0.3 is 0 Å². The number of benzene rings is 2. The van der Waals surface area contributed by atoms with Crippen LogP contribution in [0, 0.1) is 6.92 Å². The maximum atomic E-state index is 12.8. The molecule has 29 heavy (non-hydrogen) atoms. The van der Waals surface area contributed by atoms with E-state index < -0.39 is 0 Å². The fourth-order valence-corrected chi connectivity index (χ4v) is 4.79. The molecule has 0 atom stereocenters. The van der Waals surface area contributed by atoms with Crippen molar-refractivity contribution in [3.05, 3.63) is 76.9 Å². The number of aryl methyl sites for hydroxylation is 1. The lowest BCUT2D eigenvalue weighted by Gasteiger charge is -2.12. The number of nitrogens with zero attached hydrogens (tertiary/aromatic N) is 2. The third-order valence-electron chi connectivity index (χ3n) is 4.49. The maximum Gasteiger partial charge on any atom is 0.298 e. The SMILES string of the molecule is Cc1ccc(N2C(=O)SC(=Cc3ccc(-c4nc5ccccc5s4)o3)C2=O)cc1. The number of thioether (sulfide) groups is 1. The summed E-state index contributed by atoms with van der Waals surface area (Å²) in [5.74, 6) is 0.797. The topological polar surface area (TPSA) is 63.4 Å². The van der Waals surface area contributed by atoms with Gasteiger partial charge in [-0.2, -0.15) is 0 Å². The van der Waals surface area contributed by atoms with Gasteiger partial charge < -0.3 is 4.42 Å². The normalized spacial score (nSPS) is 15.8. The Morgan fingerprint density at radius 1 is 1.00 bits per heavy atom. The van der Waals surface area contributed by atoms with Crippen molar-refractivity contribution < 1.29 is 14.0 Å². The Kier molecular flexibility index (Phi) is 4.34. The number of carbonyl (C=O) groups is 2. The van der Waals surface area contributed by atoms with Gasteiger partial charge in [-0.1, -0.05) is 29.8 Å². The molecule has 2 aromatic carbocycles. The molecule has 0 saturated carbocycles. The third kappa shape index (κ3) is 3.28. The van der Waals surface area contributed by atoms with Crippen LogP contribution in [0.3, 0.4) is 0 Å². The van der Waals surface area contributed by atoms with Crippen LogP contribution in [-0.2, 0) is 4.79 Å². The van der Waals surface area contributed by atoms with E-state index in [0.29, 0.717) is 22.1 Å². The number of amides is 2. The first-order chi connectivity index (χ1) is 14.1. The average Bonchev–Trinajstić information content (AvgIpc) is 3.41. The summed E-state index contributed by atoms with van der Waals surface area (Å²) >= 11 is 2.46. The average molecular weight is 418 g/mol. The van der Waals surface area contributed by atoms with Crippen LogP contribution in [0.15, 0.2) is 70.0 Å². The first-order valence-electron chi connectivity index (χ1n) is 8.89. The molecule has 1 fully saturated rings. The lowest BCUT2D eigenvalue weighted by Crippen LogP contribution is -2.27. The summed E-state index contributed by atoms with van der Waals surface area (Å²) in [6, 6.07) is 18.8. The smallest absolute Gasteiger partial charge is 0.298 e. The number of furan rings is 1. The first kappa shape index (κ1) is 17.9. The molecule has 1 aliphatic heterocycles. The van der Waals surface area contributed by atoms with Crippen molar-refractivity contribution in [2.24, 2.45) is 0 Å². The van der Waals surface area contributed by atoms with E-state index in [1.165, 1.54) is 4.90 Å². The molecule has 0 N–H and O–H groups in total. The molecule has 0 radical (unpaired) electrons. The first-order valence-corrected chi connectivity index (χ1v) is 10.5. The number of fused-ring (bicyclic) bond motifs is 1. The molecule has 5 rings (SSSR count). The molecule has 0 bridgehead atoms. The number of hydrogen-bond acceptors (Lipinski definition) is 6. The summed E-state index contributed by atoms with van der Waals surface area (Å²) in [6.07, 6.45) is 1.61. The van der Waals surface area contributed by atoms with Crippen molar-refractivity contribution >= 4 is 56.2 Å². The zero-order chi connectivity index (χ0) is 20.0. The van der Waals surface area contributed by atoms with E-state index >= 15 is 0 Å². The molecule has 5 nitrogen and oxygen atoms in total. The molecule has 142 valence electrons. The summed E-state index contributed by atoms with van der Waals surface area (Å²) in [5, 5.41) is 0.460. The summed E-state index contributed by atoms with van der Waals surface area (Å²) in [7, 11) is 0. The minimum Gasteiger partial charge on any atom is -0.454 e. The van der Waals surface area contributed by atoms with Gasteiger partial charge in [-0.3, -0.25) is 9.59 Å². The van der Waals surface area contributed by atoms with Gasteiger partial charge in [-0.25, -0.2) is 9.88 Å². The number of imide groups is 1. The molecule has 0 aliphatic carbocycles. The molecule has 1 saturated heterocycles. The van der Waals surface area contributed by atoms with E-state index in [-0.39, 0.29) is 11.1 Å². The van der Waals surface area contributed by atoms with Crippen molar-refractivity contribution in [1.82, 2.24) is 4.98 Å². The maximum absolute atomic E-state index is 12.8. The van der Waals surface area contributed by atoms with E-state index in [1.807, 2.05) is 49.4 Å². The van der Waals surface area contributed by atoms with E-state index in [9.17, 15) is 9.59 Å². The predicted octanol–water partition coefficient (Wildman–Crippen LogP) is 6.11. The second-order valence-corrected chi connectivity index (χ2v) is 8.57. The molecule has 1 aliphatic rings. The Hall–Kier alpha value is -3.16. The van der Waals surface area contributed by atoms with Crippen molar-refractivity contribution in [3.63, 3.8) is 0 Å². The zero-order valence-corrected chi connectivity index (χ0v) is 16.9. The molecule has 3 heterocycles. The number of rotatable bonds is 3. The third-order valence-corrected chi connectivity index (χ3v) is 6.41. The highest BCUT2D eigenvalue weighted by Gasteiger charge is 2.36. The molecular formula is C22H14N2O3S2. The number of carbonyl (C=O) groups excluding carboxylic acids is 2. The van der Waals surface area contributed by atoms with Crippen molar-refractivity contribution in [1.29, 1.82) is 0 Å². The lowest BCUT2D eigenvalue weighted by molar-refractivity contribution is -0.113. The minimum absolute atomic E-state index is 0.317. The molecule has 0 unspecified atom stereocenters. The van der Waals surface area contributed by atoms with Crippen LogP contribution in [0.25, 0.3) is 27.1 Å². The molecule has 7 heteroatoms. The quantitative estimate of drug-likeness (QED) is 0.376.